The monoisotopic (exact) mass is 450 g/mol. The van der Waals surface area contributed by atoms with E-state index in [4.69, 9.17) is 4.74 Å². The molecule has 6 heteroatoms. The van der Waals surface area contributed by atoms with Crippen LogP contribution < -0.4 is 4.74 Å². The molecule has 1 amide bonds. The van der Waals surface area contributed by atoms with E-state index < -0.39 is 0 Å². The fourth-order valence-electron chi connectivity index (χ4n) is 3.35. The lowest BCUT2D eigenvalue weighted by Crippen LogP contribution is -2.24. The molecule has 0 radical (unpaired) electrons. The Bertz CT molecular complexity index is 1080. The fraction of sp³-hybridized carbons (Fsp3) is 0.130. The van der Waals surface area contributed by atoms with E-state index >= 15 is 0 Å². The van der Waals surface area contributed by atoms with Gasteiger partial charge in [-0.3, -0.25) is 4.79 Å². The van der Waals surface area contributed by atoms with Gasteiger partial charge in [0.2, 0.25) is 5.91 Å². The van der Waals surface area contributed by atoms with Gasteiger partial charge in [-0.05, 0) is 48.0 Å². The third-order valence-electron chi connectivity index (χ3n) is 4.73. The quantitative estimate of drug-likeness (QED) is 0.558. The molecule has 0 saturated heterocycles. The third-order valence-corrected chi connectivity index (χ3v) is 5.22. The number of carbonyl (C=O) groups excluding carboxylic acids is 1. The van der Waals surface area contributed by atoms with Crippen LogP contribution >= 0.6 is 15.9 Å². The zero-order chi connectivity index (χ0) is 20.4. The van der Waals surface area contributed by atoms with Gasteiger partial charge in [-0.2, -0.15) is 5.10 Å². The number of nitrogens with zero attached hydrogens (tertiary/aromatic N) is 2. The van der Waals surface area contributed by atoms with Crippen molar-refractivity contribution < 1.29 is 14.6 Å². The molecule has 0 aromatic heterocycles. The molecule has 3 aromatic carbocycles. The number of hydrogen-bond donors (Lipinski definition) is 1. The second kappa shape index (κ2) is 8.09. The lowest BCUT2D eigenvalue weighted by Gasteiger charge is -2.20. The van der Waals surface area contributed by atoms with E-state index in [1.807, 2.05) is 60.7 Å². The largest absolute Gasteiger partial charge is 0.504 e. The van der Waals surface area contributed by atoms with Crippen LogP contribution in [0.2, 0.25) is 0 Å². The number of phenolic OH excluding ortho intramolecular Hbond substituents is 1. The molecule has 1 aliphatic heterocycles. The van der Waals surface area contributed by atoms with Crippen molar-refractivity contribution in [2.24, 2.45) is 5.10 Å². The van der Waals surface area contributed by atoms with Crippen molar-refractivity contribution >= 4 is 27.5 Å². The Balaban J connectivity index is 1.60. The van der Waals surface area contributed by atoms with Crippen molar-refractivity contribution in [1.29, 1.82) is 0 Å². The molecule has 0 fully saturated rings. The van der Waals surface area contributed by atoms with Crippen molar-refractivity contribution in [2.75, 3.05) is 0 Å². The molecule has 4 rings (SSSR count). The summed E-state index contributed by atoms with van der Waals surface area (Å²) >= 11 is 3.48. The van der Waals surface area contributed by atoms with Gasteiger partial charge in [0.05, 0.1) is 11.8 Å². The molecule has 1 aliphatic rings. The number of phenols is 1. The standard InChI is InChI=1S/C23H19BrN2O3/c1-15(27)26-21(17-6-5-7-18(24)12-17)14-20(25-26)16-10-11-23(22(28)13-16)29-19-8-3-2-4-9-19/h2-13,21,28H,14H2,1H3. The number of carbonyl (C=O) groups is 1. The van der Waals surface area contributed by atoms with Crippen LogP contribution in [0.4, 0.5) is 0 Å². The van der Waals surface area contributed by atoms with Gasteiger partial charge in [0.15, 0.2) is 11.5 Å². The number of halogens is 1. The number of hydrazone groups is 1. The smallest absolute Gasteiger partial charge is 0.240 e. The van der Waals surface area contributed by atoms with E-state index in [0.29, 0.717) is 17.9 Å². The minimum Gasteiger partial charge on any atom is -0.504 e. The average Bonchev–Trinajstić information content (AvgIpc) is 3.16. The molecular weight excluding hydrogens is 432 g/mol. The summed E-state index contributed by atoms with van der Waals surface area (Å²) in [5.41, 5.74) is 2.50. The topological polar surface area (TPSA) is 62.1 Å². The predicted octanol–water partition coefficient (Wildman–Crippen LogP) is 5.64. The maximum atomic E-state index is 12.2. The minimum absolute atomic E-state index is 0.0225. The first-order valence-corrected chi connectivity index (χ1v) is 9.99. The minimum atomic E-state index is -0.178. The molecule has 5 nitrogen and oxygen atoms in total. The van der Waals surface area contributed by atoms with E-state index in [-0.39, 0.29) is 17.7 Å². The first-order valence-electron chi connectivity index (χ1n) is 9.20. The molecule has 1 atom stereocenters. The van der Waals surface area contributed by atoms with E-state index in [1.54, 1.807) is 12.1 Å². The Morgan fingerprint density at radius 2 is 1.90 bits per heavy atom. The summed E-state index contributed by atoms with van der Waals surface area (Å²) in [6.07, 6.45) is 0.564. The highest BCUT2D eigenvalue weighted by molar-refractivity contribution is 9.10. The van der Waals surface area contributed by atoms with Gasteiger partial charge in [0, 0.05) is 23.4 Å². The molecule has 1 unspecified atom stereocenters. The molecule has 0 aliphatic carbocycles. The lowest BCUT2D eigenvalue weighted by atomic mass is 9.98. The predicted molar refractivity (Wildman–Crippen MR) is 115 cm³/mol. The third kappa shape index (κ3) is 4.17. The number of para-hydroxylation sites is 1. The summed E-state index contributed by atoms with van der Waals surface area (Å²) in [5.74, 6) is 0.907. The molecule has 3 aromatic rings. The van der Waals surface area contributed by atoms with Crippen LogP contribution in [0.15, 0.2) is 82.4 Å². The van der Waals surface area contributed by atoms with Crippen molar-refractivity contribution in [1.82, 2.24) is 5.01 Å². The van der Waals surface area contributed by atoms with Crippen LogP contribution in [-0.4, -0.2) is 21.7 Å². The molecular formula is C23H19BrN2O3. The summed E-state index contributed by atoms with van der Waals surface area (Å²) < 4.78 is 6.68. The van der Waals surface area contributed by atoms with Crippen LogP contribution in [0.5, 0.6) is 17.2 Å². The first-order chi connectivity index (χ1) is 14.0. The zero-order valence-electron chi connectivity index (χ0n) is 15.7. The summed E-state index contributed by atoms with van der Waals surface area (Å²) in [7, 11) is 0. The summed E-state index contributed by atoms with van der Waals surface area (Å²) in [5, 5.41) is 16.5. The highest BCUT2D eigenvalue weighted by Gasteiger charge is 2.31. The van der Waals surface area contributed by atoms with Crippen molar-refractivity contribution in [3.63, 3.8) is 0 Å². The number of hydrogen-bond acceptors (Lipinski definition) is 4. The Kier molecular flexibility index (Phi) is 5.36. The Morgan fingerprint density at radius 1 is 1.10 bits per heavy atom. The Labute approximate surface area is 177 Å². The molecule has 0 spiro atoms. The van der Waals surface area contributed by atoms with Crippen molar-refractivity contribution in [2.45, 2.75) is 19.4 Å². The van der Waals surface area contributed by atoms with Crippen LogP contribution in [0.1, 0.15) is 30.5 Å². The van der Waals surface area contributed by atoms with Crippen molar-refractivity contribution in [3.05, 3.63) is 88.4 Å². The molecule has 1 heterocycles. The van der Waals surface area contributed by atoms with Crippen LogP contribution in [0, 0.1) is 0 Å². The lowest BCUT2D eigenvalue weighted by molar-refractivity contribution is -0.130. The molecule has 29 heavy (non-hydrogen) atoms. The highest BCUT2D eigenvalue weighted by atomic mass is 79.9. The second-order valence-electron chi connectivity index (χ2n) is 6.78. The fourth-order valence-corrected chi connectivity index (χ4v) is 3.76. The first kappa shape index (κ1) is 19.2. The number of benzene rings is 3. The molecule has 0 saturated carbocycles. The highest BCUT2D eigenvalue weighted by Crippen LogP contribution is 2.36. The van der Waals surface area contributed by atoms with Crippen LogP contribution in [0.3, 0.4) is 0 Å². The number of rotatable bonds is 4. The molecule has 0 bridgehead atoms. The number of amides is 1. The van der Waals surface area contributed by atoms with Gasteiger partial charge < -0.3 is 9.84 Å². The average molecular weight is 451 g/mol. The normalized spacial score (nSPS) is 15.9. The van der Waals surface area contributed by atoms with Gasteiger partial charge in [-0.15, -0.1) is 0 Å². The van der Waals surface area contributed by atoms with Gasteiger partial charge in [-0.1, -0.05) is 46.3 Å². The second-order valence-corrected chi connectivity index (χ2v) is 7.70. The van der Waals surface area contributed by atoms with Crippen molar-refractivity contribution in [3.8, 4) is 17.2 Å². The van der Waals surface area contributed by atoms with E-state index in [9.17, 15) is 9.90 Å². The number of ether oxygens (including phenoxy) is 1. The van der Waals surface area contributed by atoms with Crippen LogP contribution in [0.25, 0.3) is 0 Å². The van der Waals surface area contributed by atoms with E-state index in [0.717, 1.165) is 21.3 Å². The summed E-state index contributed by atoms with van der Waals surface area (Å²) in [4.78, 5) is 12.2. The van der Waals surface area contributed by atoms with Gasteiger partial charge in [-0.25, -0.2) is 5.01 Å². The van der Waals surface area contributed by atoms with E-state index in [2.05, 4.69) is 21.0 Å². The van der Waals surface area contributed by atoms with Crippen LogP contribution in [-0.2, 0) is 4.79 Å². The maximum Gasteiger partial charge on any atom is 0.240 e. The summed E-state index contributed by atoms with van der Waals surface area (Å²) in [6.45, 7) is 1.51. The summed E-state index contributed by atoms with van der Waals surface area (Å²) in [6, 6.07) is 22.1. The maximum absolute atomic E-state index is 12.2. The molecule has 1 N–H and O–H groups in total. The molecule has 146 valence electrons. The SMILES string of the molecule is CC(=O)N1N=C(c2ccc(Oc3ccccc3)c(O)c2)CC1c1cccc(Br)c1. The Hall–Kier alpha value is -3.12. The number of aromatic hydroxyl groups is 1. The van der Waals surface area contributed by atoms with E-state index in [1.165, 1.54) is 11.9 Å². The van der Waals surface area contributed by atoms with Gasteiger partial charge in [0.1, 0.15) is 5.75 Å². The van der Waals surface area contributed by atoms with Gasteiger partial charge in [0.25, 0.3) is 0 Å². The zero-order valence-corrected chi connectivity index (χ0v) is 17.3. The van der Waals surface area contributed by atoms with Gasteiger partial charge >= 0.3 is 0 Å². The Morgan fingerprint density at radius 3 is 2.59 bits per heavy atom.